The van der Waals surface area contributed by atoms with Crippen LogP contribution < -0.4 is 19.5 Å². The van der Waals surface area contributed by atoms with E-state index in [9.17, 15) is 5.11 Å². The van der Waals surface area contributed by atoms with Gasteiger partial charge in [-0.15, -0.1) is 0 Å². The molecule has 0 radical (unpaired) electrons. The number of ether oxygens (including phenoxy) is 3. The van der Waals surface area contributed by atoms with Crippen LogP contribution in [-0.2, 0) is 6.54 Å². The van der Waals surface area contributed by atoms with Crippen LogP contribution in [0.4, 0.5) is 0 Å². The predicted octanol–water partition coefficient (Wildman–Crippen LogP) is 1.18. The van der Waals surface area contributed by atoms with Gasteiger partial charge in [-0.05, 0) is 13.0 Å². The zero-order valence-corrected chi connectivity index (χ0v) is 11.3. The van der Waals surface area contributed by atoms with Crippen molar-refractivity contribution in [2.75, 3.05) is 27.9 Å². The SMILES string of the molecule is COc1ccc(CNCC(C)O)c(OC)c1OC. The molecule has 102 valence electrons. The molecule has 0 saturated carbocycles. The zero-order valence-electron chi connectivity index (χ0n) is 11.3. The highest BCUT2D eigenvalue weighted by Crippen LogP contribution is 2.39. The largest absolute Gasteiger partial charge is 0.493 e. The van der Waals surface area contributed by atoms with E-state index < -0.39 is 0 Å². The summed E-state index contributed by atoms with van der Waals surface area (Å²) < 4.78 is 15.9. The van der Waals surface area contributed by atoms with Crippen LogP contribution in [-0.4, -0.2) is 39.1 Å². The number of nitrogens with one attached hydrogen (secondary N) is 1. The van der Waals surface area contributed by atoms with E-state index in [0.29, 0.717) is 30.3 Å². The highest BCUT2D eigenvalue weighted by atomic mass is 16.5. The number of benzene rings is 1. The monoisotopic (exact) mass is 255 g/mol. The van der Waals surface area contributed by atoms with Crippen molar-refractivity contribution in [3.63, 3.8) is 0 Å². The Bertz CT molecular complexity index is 379. The van der Waals surface area contributed by atoms with Crippen LogP contribution in [0.1, 0.15) is 12.5 Å². The lowest BCUT2D eigenvalue weighted by atomic mass is 10.1. The topological polar surface area (TPSA) is 60.0 Å². The predicted molar refractivity (Wildman–Crippen MR) is 69.5 cm³/mol. The first-order valence-electron chi connectivity index (χ1n) is 5.80. The molecule has 0 amide bonds. The van der Waals surface area contributed by atoms with Gasteiger partial charge < -0.3 is 24.6 Å². The van der Waals surface area contributed by atoms with Gasteiger partial charge in [0.2, 0.25) is 5.75 Å². The Labute approximate surface area is 108 Å². The summed E-state index contributed by atoms with van der Waals surface area (Å²) in [6, 6.07) is 3.75. The Morgan fingerprint density at radius 3 is 2.28 bits per heavy atom. The molecule has 0 spiro atoms. The summed E-state index contributed by atoms with van der Waals surface area (Å²) in [6.07, 6.45) is -0.379. The lowest BCUT2D eigenvalue weighted by Crippen LogP contribution is -2.24. The van der Waals surface area contributed by atoms with E-state index in [2.05, 4.69) is 5.32 Å². The molecule has 5 nitrogen and oxygen atoms in total. The molecule has 1 atom stereocenters. The van der Waals surface area contributed by atoms with Crippen molar-refractivity contribution >= 4 is 0 Å². The molecular formula is C13H21NO4. The summed E-state index contributed by atoms with van der Waals surface area (Å²) in [6.45, 7) is 2.85. The second-order valence-corrected chi connectivity index (χ2v) is 3.97. The van der Waals surface area contributed by atoms with Gasteiger partial charge in [-0.25, -0.2) is 0 Å². The number of hydrogen-bond acceptors (Lipinski definition) is 5. The Hall–Kier alpha value is -1.46. The molecule has 0 aliphatic carbocycles. The first kappa shape index (κ1) is 14.6. The van der Waals surface area contributed by atoms with Crippen molar-refractivity contribution in [2.24, 2.45) is 0 Å². The Morgan fingerprint density at radius 1 is 1.11 bits per heavy atom. The maximum Gasteiger partial charge on any atom is 0.203 e. The average molecular weight is 255 g/mol. The molecule has 1 aromatic rings. The fraction of sp³-hybridized carbons (Fsp3) is 0.538. The first-order chi connectivity index (χ1) is 8.63. The third-order valence-corrected chi connectivity index (χ3v) is 2.54. The molecule has 2 N–H and O–H groups in total. The number of aliphatic hydroxyl groups excluding tert-OH is 1. The number of aliphatic hydroxyl groups is 1. The third-order valence-electron chi connectivity index (χ3n) is 2.54. The van der Waals surface area contributed by atoms with Crippen molar-refractivity contribution in [1.82, 2.24) is 5.32 Å². The van der Waals surface area contributed by atoms with Crippen LogP contribution in [0.2, 0.25) is 0 Å². The Balaban J connectivity index is 2.91. The molecule has 18 heavy (non-hydrogen) atoms. The van der Waals surface area contributed by atoms with Crippen molar-refractivity contribution in [2.45, 2.75) is 19.6 Å². The summed E-state index contributed by atoms with van der Waals surface area (Å²) in [7, 11) is 4.76. The van der Waals surface area contributed by atoms with Gasteiger partial charge in [0.15, 0.2) is 11.5 Å². The highest BCUT2D eigenvalue weighted by Gasteiger charge is 2.15. The van der Waals surface area contributed by atoms with Gasteiger partial charge in [-0.2, -0.15) is 0 Å². The molecule has 0 aliphatic rings. The van der Waals surface area contributed by atoms with Crippen LogP contribution in [0.15, 0.2) is 12.1 Å². The first-order valence-corrected chi connectivity index (χ1v) is 5.80. The van der Waals surface area contributed by atoms with Crippen molar-refractivity contribution in [1.29, 1.82) is 0 Å². The summed E-state index contributed by atoms with van der Waals surface area (Å²) >= 11 is 0. The minimum Gasteiger partial charge on any atom is -0.493 e. The van der Waals surface area contributed by atoms with Gasteiger partial charge in [0.25, 0.3) is 0 Å². The molecule has 0 heterocycles. The van der Waals surface area contributed by atoms with E-state index in [4.69, 9.17) is 14.2 Å². The smallest absolute Gasteiger partial charge is 0.203 e. The highest BCUT2D eigenvalue weighted by molar-refractivity contribution is 5.55. The second kappa shape index (κ2) is 7.08. The van der Waals surface area contributed by atoms with Gasteiger partial charge in [-0.1, -0.05) is 6.07 Å². The molecule has 1 unspecified atom stereocenters. The lowest BCUT2D eigenvalue weighted by molar-refractivity contribution is 0.190. The molecule has 0 saturated heterocycles. The molecule has 0 fully saturated rings. The van der Waals surface area contributed by atoms with Gasteiger partial charge in [0.1, 0.15) is 0 Å². The standard InChI is InChI=1S/C13H21NO4/c1-9(15)7-14-8-10-5-6-11(16-2)13(18-4)12(10)17-3/h5-6,9,14-15H,7-8H2,1-4H3. The summed E-state index contributed by atoms with van der Waals surface area (Å²) in [5.41, 5.74) is 0.954. The maximum atomic E-state index is 9.20. The lowest BCUT2D eigenvalue weighted by Gasteiger charge is -2.16. The molecule has 5 heteroatoms. The number of hydrogen-bond donors (Lipinski definition) is 2. The summed E-state index contributed by atoms with van der Waals surface area (Å²) in [5, 5.41) is 12.3. The van der Waals surface area contributed by atoms with Gasteiger partial charge in [-0.3, -0.25) is 0 Å². The van der Waals surface area contributed by atoms with Crippen molar-refractivity contribution in [3.8, 4) is 17.2 Å². The second-order valence-electron chi connectivity index (χ2n) is 3.97. The molecular weight excluding hydrogens is 234 g/mol. The quantitative estimate of drug-likeness (QED) is 0.766. The fourth-order valence-electron chi connectivity index (χ4n) is 1.72. The zero-order chi connectivity index (χ0) is 13.5. The van der Waals surface area contributed by atoms with E-state index in [1.165, 1.54) is 0 Å². The Morgan fingerprint density at radius 2 is 1.78 bits per heavy atom. The molecule has 0 aliphatic heterocycles. The Kier molecular flexibility index (Phi) is 5.74. The van der Waals surface area contributed by atoms with E-state index >= 15 is 0 Å². The van der Waals surface area contributed by atoms with Crippen LogP contribution >= 0.6 is 0 Å². The van der Waals surface area contributed by atoms with E-state index in [1.54, 1.807) is 28.3 Å². The van der Waals surface area contributed by atoms with Gasteiger partial charge >= 0.3 is 0 Å². The van der Waals surface area contributed by atoms with E-state index in [-0.39, 0.29) is 6.10 Å². The normalized spacial score (nSPS) is 12.1. The minimum absolute atomic E-state index is 0.379. The molecule has 0 aromatic heterocycles. The average Bonchev–Trinajstić information content (AvgIpc) is 2.37. The maximum absolute atomic E-state index is 9.20. The number of rotatable bonds is 7. The van der Waals surface area contributed by atoms with Crippen LogP contribution in [0, 0.1) is 0 Å². The van der Waals surface area contributed by atoms with Crippen LogP contribution in [0.5, 0.6) is 17.2 Å². The van der Waals surface area contributed by atoms with Gasteiger partial charge in [0.05, 0.1) is 27.4 Å². The third kappa shape index (κ3) is 3.51. The fourth-order valence-corrected chi connectivity index (χ4v) is 1.72. The van der Waals surface area contributed by atoms with E-state index in [0.717, 1.165) is 5.56 Å². The van der Waals surface area contributed by atoms with Crippen LogP contribution in [0.3, 0.4) is 0 Å². The van der Waals surface area contributed by atoms with E-state index in [1.807, 2.05) is 12.1 Å². The van der Waals surface area contributed by atoms with Crippen LogP contribution in [0.25, 0.3) is 0 Å². The molecule has 0 bridgehead atoms. The van der Waals surface area contributed by atoms with Gasteiger partial charge in [0, 0.05) is 18.7 Å². The summed E-state index contributed by atoms with van der Waals surface area (Å²) in [5.74, 6) is 1.86. The molecule has 1 aromatic carbocycles. The van der Waals surface area contributed by atoms with Crippen molar-refractivity contribution < 1.29 is 19.3 Å². The number of methoxy groups -OCH3 is 3. The minimum atomic E-state index is -0.379. The molecule has 1 rings (SSSR count). The van der Waals surface area contributed by atoms with Crippen molar-refractivity contribution in [3.05, 3.63) is 17.7 Å². The summed E-state index contributed by atoms with van der Waals surface area (Å²) in [4.78, 5) is 0.